The van der Waals surface area contributed by atoms with Crippen molar-refractivity contribution >= 4 is 10.9 Å². The van der Waals surface area contributed by atoms with Crippen molar-refractivity contribution in [3.63, 3.8) is 0 Å². The number of methoxy groups -OCH3 is 1. The van der Waals surface area contributed by atoms with E-state index in [0.29, 0.717) is 17.8 Å². The fraction of sp³-hybridized carbons (Fsp3) is 0.273. The van der Waals surface area contributed by atoms with Crippen LogP contribution >= 0.6 is 0 Å². The van der Waals surface area contributed by atoms with Gasteiger partial charge in [-0.1, -0.05) is 0 Å². The van der Waals surface area contributed by atoms with Gasteiger partial charge in [0.05, 0.1) is 12.6 Å². The Hall–Kier alpha value is -1.58. The molecule has 0 aliphatic rings. The van der Waals surface area contributed by atoms with Crippen LogP contribution in [-0.4, -0.2) is 11.7 Å². The molecule has 0 bridgehead atoms. The number of hydrogen-bond acceptors (Lipinski definition) is 1. The molecule has 0 saturated heterocycles. The maximum atomic E-state index is 13.4. The molecule has 4 heteroatoms. The van der Waals surface area contributed by atoms with Gasteiger partial charge in [0.15, 0.2) is 5.82 Å². The number of benzene rings is 1. The molecule has 0 N–H and O–H groups in total. The molecular formula is C11H11F2NO. The van der Waals surface area contributed by atoms with Crippen LogP contribution in [0.1, 0.15) is 6.92 Å². The predicted octanol–water partition coefficient (Wildman–Crippen LogP) is 2.95. The van der Waals surface area contributed by atoms with Gasteiger partial charge in [0.1, 0.15) is 5.75 Å². The average Bonchev–Trinajstić information content (AvgIpc) is 2.51. The summed E-state index contributed by atoms with van der Waals surface area (Å²) in [6.07, 6.45) is 0. The second-order valence-electron chi connectivity index (χ2n) is 3.23. The first-order chi connectivity index (χ1) is 7.19. The fourth-order valence-electron chi connectivity index (χ4n) is 1.69. The summed E-state index contributed by atoms with van der Waals surface area (Å²) in [6, 6.07) is 4.77. The second kappa shape index (κ2) is 3.53. The van der Waals surface area contributed by atoms with Crippen molar-refractivity contribution in [2.75, 3.05) is 7.11 Å². The van der Waals surface area contributed by atoms with Crippen molar-refractivity contribution in [3.05, 3.63) is 30.0 Å². The Morgan fingerprint density at radius 1 is 1.33 bits per heavy atom. The lowest BCUT2D eigenvalue weighted by molar-refractivity contribution is 0.415. The smallest absolute Gasteiger partial charge is 0.230 e. The summed E-state index contributed by atoms with van der Waals surface area (Å²) in [5, 5.41) is 0.287. The van der Waals surface area contributed by atoms with E-state index in [9.17, 15) is 8.78 Å². The molecule has 0 unspecified atom stereocenters. The number of rotatable bonds is 2. The van der Waals surface area contributed by atoms with Gasteiger partial charge in [-0.15, -0.1) is 0 Å². The van der Waals surface area contributed by atoms with Crippen LogP contribution in [0.15, 0.2) is 18.2 Å². The van der Waals surface area contributed by atoms with Crippen molar-refractivity contribution in [2.24, 2.45) is 0 Å². The monoisotopic (exact) mass is 211 g/mol. The maximum absolute atomic E-state index is 13.4. The van der Waals surface area contributed by atoms with E-state index < -0.39 is 11.8 Å². The lowest BCUT2D eigenvalue weighted by atomic mass is 10.2. The Bertz CT molecular complexity index is 505. The van der Waals surface area contributed by atoms with Crippen molar-refractivity contribution in [2.45, 2.75) is 13.5 Å². The van der Waals surface area contributed by atoms with Crippen molar-refractivity contribution < 1.29 is 13.5 Å². The first-order valence-electron chi connectivity index (χ1n) is 4.70. The Morgan fingerprint density at radius 3 is 2.67 bits per heavy atom. The van der Waals surface area contributed by atoms with Crippen LogP contribution in [0.4, 0.5) is 8.78 Å². The molecule has 80 valence electrons. The first kappa shape index (κ1) is 9.96. The zero-order valence-corrected chi connectivity index (χ0v) is 8.55. The number of aromatic nitrogens is 1. The third kappa shape index (κ3) is 1.37. The van der Waals surface area contributed by atoms with Gasteiger partial charge in [0.2, 0.25) is 5.95 Å². The van der Waals surface area contributed by atoms with E-state index in [0.717, 1.165) is 0 Å². The SMILES string of the molecule is CCn1c(F)c(F)c2ccc(OC)cc21. The highest BCUT2D eigenvalue weighted by atomic mass is 19.2. The van der Waals surface area contributed by atoms with Crippen molar-refractivity contribution in [3.8, 4) is 5.75 Å². The van der Waals surface area contributed by atoms with E-state index >= 15 is 0 Å². The van der Waals surface area contributed by atoms with E-state index in [1.165, 1.54) is 17.7 Å². The molecule has 0 radical (unpaired) electrons. The minimum Gasteiger partial charge on any atom is -0.497 e. The highest BCUT2D eigenvalue weighted by Gasteiger charge is 2.16. The van der Waals surface area contributed by atoms with Gasteiger partial charge in [-0.3, -0.25) is 0 Å². The Labute approximate surface area is 86.1 Å². The van der Waals surface area contributed by atoms with Gasteiger partial charge in [0, 0.05) is 18.0 Å². The van der Waals surface area contributed by atoms with Crippen molar-refractivity contribution in [1.82, 2.24) is 4.57 Å². The van der Waals surface area contributed by atoms with Gasteiger partial charge in [-0.2, -0.15) is 4.39 Å². The molecule has 0 atom stereocenters. The van der Waals surface area contributed by atoms with Crippen LogP contribution in [0.25, 0.3) is 10.9 Å². The van der Waals surface area contributed by atoms with Crippen LogP contribution in [0, 0.1) is 11.8 Å². The molecule has 1 heterocycles. The van der Waals surface area contributed by atoms with Crippen molar-refractivity contribution in [1.29, 1.82) is 0 Å². The molecule has 1 aromatic heterocycles. The van der Waals surface area contributed by atoms with Gasteiger partial charge >= 0.3 is 0 Å². The van der Waals surface area contributed by atoms with Gasteiger partial charge in [-0.25, -0.2) is 4.39 Å². The standard InChI is InChI=1S/C11H11F2NO/c1-3-14-9-6-7(15-2)4-5-8(9)10(12)11(14)13/h4-6H,3H2,1-2H3. The molecule has 0 aliphatic carbocycles. The molecule has 0 amide bonds. The molecule has 2 aromatic rings. The topological polar surface area (TPSA) is 14.2 Å². The normalized spacial score (nSPS) is 10.9. The van der Waals surface area contributed by atoms with Crippen LogP contribution in [-0.2, 0) is 6.54 Å². The summed E-state index contributed by atoms with van der Waals surface area (Å²) in [5.74, 6) is -1.02. The highest BCUT2D eigenvalue weighted by molar-refractivity contribution is 5.82. The van der Waals surface area contributed by atoms with E-state index in [1.54, 1.807) is 19.1 Å². The van der Waals surface area contributed by atoms with Gasteiger partial charge in [0.25, 0.3) is 0 Å². The summed E-state index contributed by atoms with van der Waals surface area (Å²) >= 11 is 0. The Kier molecular flexibility index (Phi) is 2.34. The average molecular weight is 211 g/mol. The van der Waals surface area contributed by atoms with Gasteiger partial charge < -0.3 is 9.30 Å². The zero-order chi connectivity index (χ0) is 11.0. The van der Waals surface area contributed by atoms with Crippen LogP contribution in [0.5, 0.6) is 5.75 Å². The number of fused-ring (bicyclic) bond motifs is 1. The molecule has 0 aliphatic heterocycles. The second-order valence-corrected chi connectivity index (χ2v) is 3.23. The molecule has 15 heavy (non-hydrogen) atoms. The largest absolute Gasteiger partial charge is 0.497 e. The van der Waals surface area contributed by atoms with Crippen LogP contribution in [0.2, 0.25) is 0 Å². The van der Waals surface area contributed by atoms with E-state index in [2.05, 4.69) is 0 Å². The summed E-state index contributed by atoms with van der Waals surface area (Å²) < 4.78 is 33.1. The molecular weight excluding hydrogens is 200 g/mol. The number of ether oxygens (including phenoxy) is 1. The summed E-state index contributed by atoms with van der Waals surface area (Å²) in [6.45, 7) is 2.15. The molecule has 2 nitrogen and oxygen atoms in total. The molecule has 1 aromatic carbocycles. The fourth-order valence-corrected chi connectivity index (χ4v) is 1.69. The van der Waals surface area contributed by atoms with Crippen LogP contribution in [0.3, 0.4) is 0 Å². The lowest BCUT2D eigenvalue weighted by Gasteiger charge is -2.03. The summed E-state index contributed by atoms with van der Waals surface area (Å²) in [5.41, 5.74) is 0.520. The highest BCUT2D eigenvalue weighted by Crippen LogP contribution is 2.27. The number of aryl methyl sites for hydroxylation is 1. The number of halogens is 2. The quantitative estimate of drug-likeness (QED) is 0.744. The predicted molar refractivity (Wildman–Crippen MR) is 54.1 cm³/mol. The maximum Gasteiger partial charge on any atom is 0.230 e. The molecule has 2 rings (SSSR count). The first-order valence-corrected chi connectivity index (χ1v) is 4.70. The zero-order valence-electron chi connectivity index (χ0n) is 8.55. The van der Waals surface area contributed by atoms with E-state index in [4.69, 9.17) is 4.74 Å². The summed E-state index contributed by atoms with van der Waals surface area (Å²) in [4.78, 5) is 0. The molecule has 0 spiro atoms. The third-order valence-electron chi connectivity index (χ3n) is 2.47. The number of nitrogens with zero attached hydrogens (tertiary/aromatic N) is 1. The lowest BCUT2D eigenvalue weighted by Crippen LogP contribution is -1.97. The van der Waals surface area contributed by atoms with Crippen LogP contribution < -0.4 is 4.74 Å². The number of hydrogen-bond donors (Lipinski definition) is 0. The third-order valence-corrected chi connectivity index (χ3v) is 2.47. The van der Waals surface area contributed by atoms with Gasteiger partial charge in [-0.05, 0) is 19.1 Å². The Morgan fingerprint density at radius 2 is 2.07 bits per heavy atom. The minimum absolute atomic E-state index is 0.287. The minimum atomic E-state index is -0.819. The summed E-state index contributed by atoms with van der Waals surface area (Å²) in [7, 11) is 1.52. The molecule has 0 fully saturated rings. The Balaban J connectivity index is 2.80. The molecule has 0 saturated carbocycles. The van der Waals surface area contributed by atoms with E-state index in [1.807, 2.05) is 0 Å². The van der Waals surface area contributed by atoms with E-state index in [-0.39, 0.29) is 5.39 Å².